The first-order valence-electron chi connectivity index (χ1n) is 5.38. The van der Waals surface area contributed by atoms with Crippen molar-refractivity contribution in [2.24, 2.45) is 5.73 Å². The van der Waals surface area contributed by atoms with E-state index in [4.69, 9.17) is 5.73 Å². The van der Waals surface area contributed by atoms with Crippen molar-refractivity contribution < 1.29 is 0 Å². The van der Waals surface area contributed by atoms with Crippen LogP contribution in [0.4, 0.5) is 0 Å². The minimum absolute atomic E-state index is 0.735. The highest BCUT2D eigenvalue weighted by Gasteiger charge is 2.13. The van der Waals surface area contributed by atoms with Crippen LogP contribution in [0.15, 0.2) is 6.07 Å². The van der Waals surface area contributed by atoms with E-state index in [1.807, 2.05) is 0 Å². The van der Waals surface area contributed by atoms with Crippen molar-refractivity contribution in [1.29, 1.82) is 0 Å². The fourth-order valence-corrected chi connectivity index (χ4v) is 2.07. The van der Waals surface area contributed by atoms with E-state index in [1.165, 1.54) is 29.9 Å². The molecule has 3 nitrogen and oxygen atoms in total. The summed E-state index contributed by atoms with van der Waals surface area (Å²) in [5.41, 5.74) is 9.78. The summed E-state index contributed by atoms with van der Waals surface area (Å²) in [4.78, 5) is 5.87. The average Bonchev–Trinajstić information content (AvgIpc) is 2.47. The third kappa shape index (κ3) is 1.99. The van der Waals surface area contributed by atoms with Crippen molar-refractivity contribution in [2.75, 3.05) is 26.7 Å². The number of H-pyrrole nitrogens is 1. The lowest BCUT2D eigenvalue weighted by Crippen LogP contribution is -2.21. The molecule has 0 spiro atoms. The molecule has 1 aromatic rings. The number of aromatic amines is 1. The molecular weight excluding hydrogens is 174 g/mol. The van der Waals surface area contributed by atoms with Crippen LogP contribution in [0.2, 0.25) is 0 Å². The minimum atomic E-state index is 0.735. The summed E-state index contributed by atoms with van der Waals surface area (Å²) in [7, 11) is 2.19. The first-order chi connectivity index (χ1) is 6.79. The van der Waals surface area contributed by atoms with E-state index in [2.05, 4.69) is 23.0 Å². The molecule has 0 atom stereocenters. The molecule has 78 valence electrons. The van der Waals surface area contributed by atoms with Gasteiger partial charge in [-0.15, -0.1) is 0 Å². The number of nitrogens with zero attached hydrogens (tertiary/aromatic N) is 1. The van der Waals surface area contributed by atoms with Crippen molar-refractivity contribution in [3.05, 3.63) is 23.0 Å². The van der Waals surface area contributed by atoms with Crippen LogP contribution < -0.4 is 5.73 Å². The maximum absolute atomic E-state index is 5.54. The normalized spacial score (nSPS) is 17.9. The summed E-state index contributed by atoms with van der Waals surface area (Å²) in [6.07, 6.45) is 3.30. The van der Waals surface area contributed by atoms with Gasteiger partial charge in [0.2, 0.25) is 0 Å². The van der Waals surface area contributed by atoms with Crippen LogP contribution in [0.3, 0.4) is 0 Å². The topological polar surface area (TPSA) is 45.0 Å². The lowest BCUT2D eigenvalue weighted by atomic mass is 10.1. The zero-order chi connectivity index (χ0) is 9.97. The molecule has 1 aliphatic rings. The Morgan fingerprint density at radius 2 is 2.21 bits per heavy atom. The predicted octanol–water partition coefficient (Wildman–Crippen LogP) is 0.546. The molecule has 0 aromatic carbocycles. The molecule has 1 aromatic heterocycles. The summed E-state index contributed by atoms with van der Waals surface area (Å²) in [5.74, 6) is 0. The molecular formula is C11H19N3. The lowest BCUT2D eigenvalue weighted by Gasteiger charge is -2.11. The van der Waals surface area contributed by atoms with Gasteiger partial charge in [-0.05, 0) is 38.1 Å². The Kier molecular flexibility index (Phi) is 2.89. The second kappa shape index (κ2) is 4.15. The van der Waals surface area contributed by atoms with Crippen LogP contribution in [0.5, 0.6) is 0 Å². The highest BCUT2D eigenvalue weighted by molar-refractivity contribution is 5.28. The molecule has 2 heterocycles. The highest BCUT2D eigenvalue weighted by Crippen LogP contribution is 2.16. The SMILES string of the molecule is CN1CCc2cc(CCN)[nH]c2CC1. The zero-order valence-corrected chi connectivity index (χ0v) is 8.84. The second-order valence-corrected chi connectivity index (χ2v) is 4.14. The van der Waals surface area contributed by atoms with Gasteiger partial charge in [-0.2, -0.15) is 0 Å². The van der Waals surface area contributed by atoms with E-state index in [1.54, 1.807) is 0 Å². The van der Waals surface area contributed by atoms with Crippen molar-refractivity contribution in [3.63, 3.8) is 0 Å². The molecule has 14 heavy (non-hydrogen) atoms. The van der Waals surface area contributed by atoms with E-state index in [0.29, 0.717) is 0 Å². The fourth-order valence-electron chi connectivity index (χ4n) is 2.07. The molecule has 0 amide bonds. The first kappa shape index (κ1) is 9.74. The van der Waals surface area contributed by atoms with Gasteiger partial charge in [-0.3, -0.25) is 0 Å². The van der Waals surface area contributed by atoms with E-state index in [0.717, 1.165) is 25.9 Å². The number of nitrogens with one attached hydrogen (secondary N) is 1. The Labute approximate surface area is 85.3 Å². The molecule has 0 unspecified atom stereocenters. The smallest absolute Gasteiger partial charge is 0.0195 e. The highest BCUT2D eigenvalue weighted by atomic mass is 15.1. The summed E-state index contributed by atoms with van der Waals surface area (Å²) >= 11 is 0. The fraction of sp³-hybridized carbons (Fsp3) is 0.636. The van der Waals surface area contributed by atoms with Crippen LogP contribution in [0.1, 0.15) is 17.0 Å². The van der Waals surface area contributed by atoms with Gasteiger partial charge in [0.1, 0.15) is 0 Å². The van der Waals surface area contributed by atoms with Gasteiger partial charge in [0, 0.05) is 30.9 Å². The molecule has 3 N–H and O–H groups in total. The summed E-state index contributed by atoms with van der Waals surface area (Å²) in [6.45, 7) is 3.07. The maximum Gasteiger partial charge on any atom is 0.0195 e. The molecule has 0 saturated heterocycles. The van der Waals surface area contributed by atoms with Crippen LogP contribution in [-0.2, 0) is 19.3 Å². The number of hydrogen-bond donors (Lipinski definition) is 2. The quantitative estimate of drug-likeness (QED) is 0.720. The van der Waals surface area contributed by atoms with Crippen molar-refractivity contribution in [3.8, 4) is 0 Å². The minimum Gasteiger partial charge on any atom is -0.362 e. The maximum atomic E-state index is 5.54. The number of rotatable bonds is 2. The van der Waals surface area contributed by atoms with Crippen molar-refractivity contribution >= 4 is 0 Å². The Bertz CT molecular complexity index is 278. The molecule has 2 rings (SSSR count). The number of likely N-dealkylation sites (N-methyl/N-ethyl adjacent to an activating group) is 1. The van der Waals surface area contributed by atoms with Gasteiger partial charge < -0.3 is 15.6 Å². The second-order valence-electron chi connectivity index (χ2n) is 4.14. The average molecular weight is 193 g/mol. The van der Waals surface area contributed by atoms with Gasteiger partial charge in [-0.1, -0.05) is 0 Å². The van der Waals surface area contributed by atoms with E-state index in [-0.39, 0.29) is 0 Å². The molecule has 1 aliphatic heterocycles. The Morgan fingerprint density at radius 1 is 1.43 bits per heavy atom. The van der Waals surface area contributed by atoms with Crippen LogP contribution in [0, 0.1) is 0 Å². The van der Waals surface area contributed by atoms with Gasteiger partial charge in [0.05, 0.1) is 0 Å². The Hall–Kier alpha value is -0.800. The van der Waals surface area contributed by atoms with Crippen LogP contribution >= 0.6 is 0 Å². The third-order valence-electron chi connectivity index (χ3n) is 2.97. The van der Waals surface area contributed by atoms with E-state index >= 15 is 0 Å². The van der Waals surface area contributed by atoms with Gasteiger partial charge >= 0.3 is 0 Å². The molecule has 3 heteroatoms. The third-order valence-corrected chi connectivity index (χ3v) is 2.97. The summed E-state index contributed by atoms with van der Waals surface area (Å²) < 4.78 is 0. The first-order valence-corrected chi connectivity index (χ1v) is 5.38. The molecule has 0 aliphatic carbocycles. The summed E-state index contributed by atoms with van der Waals surface area (Å²) in [5, 5.41) is 0. The lowest BCUT2D eigenvalue weighted by molar-refractivity contribution is 0.351. The Morgan fingerprint density at radius 3 is 3.00 bits per heavy atom. The van der Waals surface area contributed by atoms with E-state index < -0.39 is 0 Å². The van der Waals surface area contributed by atoms with Gasteiger partial charge in [-0.25, -0.2) is 0 Å². The standard InChI is InChI=1S/C11H19N3/c1-14-6-3-9-8-10(2-5-12)13-11(9)4-7-14/h8,13H,2-7,12H2,1H3. The number of aromatic nitrogens is 1. The number of hydrogen-bond acceptors (Lipinski definition) is 2. The van der Waals surface area contributed by atoms with Crippen LogP contribution in [-0.4, -0.2) is 36.6 Å². The number of fused-ring (bicyclic) bond motifs is 1. The summed E-state index contributed by atoms with van der Waals surface area (Å²) in [6, 6.07) is 2.29. The van der Waals surface area contributed by atoms with Gasteiger partial charge in [0.25, 0.3) is 0 Å². The molecule has 0 bridgehead atoms. The monoisotopic (exact) mass is 193 g/mol. The molecule has 0 radical (unpaired) electrons. The number of nitrogens with two attached hydrogens (primary N) is 1. The zero-order valence-electron chi connectivity index (χ0n) is 8.84. The van der Waals surface area contributed by atoms with Crippen molar-refractivity contribution in [1.82, 2.24) is 9.88 Å². The van der Waals surface area contributed by atoms with Crippen LogP contribution in [0.25, 0.3) is 0 Å². The van der Waals surface area contributed by atoms with E-state index in [9.17, 15) is 0 Å². The molecule has 0 saturated carbocycles. The van der Waals surface area contributed by atoms with Gasteiger partial charge in [0.15, 0.2) is 0 Å². The Balaban J connectivity index is 2.14. The predicted molar refractivity (Wildman–Crippen MR) is 58.5 cm³/mol. The van der Waals surface area contributed by atoms with Crippen molar-refractivity contribution in [2.45, 2.75) is 19.3 Å². The largest absolute Gasteiger partial charge is 0.362 e. The molecule has 0 fully saturated rings.